The minimum absolute atomic E-state index is 0.198. The van der Waals surface area contributed by atoms with Crippen LogP contribution in [0.25, 0.3) is 102 Å². The van der Waals surface area contributed by atoms with E-state index < -0.39 is 0 Å². The van der Waals surface area contributed by atoms with Gasteiger partial charge in [-0.15, -0.1) is 0 Å². The maximum atomic E-state index is 13.3. The number of imidazole rings is 3. The molecular weight excluding hydrogens is 952 g/mol. The molecule has 0 fully saturated rings. The van der Waals surface area contributed by atoms with Gasteiger partial charge in [-0.3, -0.25) is 15.0 Å². The molecule has 0 bridgehead atoms. The van der Waals surface area contributed by atoms with Crippen LogP contribution in [-0.4, -0.2) is 60.2 Å². The Labute approximate surface area is 427 Å². The van der Waals surface area contributed by atoms with Gasteiger partial charge < -0.3 is 30.3 Å². The molecule has 0 radical (unpaired) electrons. The lowest BCUT2D eigenvalue weighted by molar-refractivity contribution is 0.475. The van der Waals surface area contributed by atoms with Crippen molar-refractivity contribution >= 4 is 0 Å². The van der Waals surface area contributed by atoms with Crippen LogP contribution in [0, 0.1) is 17.5 Å². The third kappa shape index (κ3) is 11.4. The fraction of sp³-hybridized carbons (Fsp3) is 0. The molecule has 0 unspecified atom stereocenters. The number of benzene rings is 6. The molecule has 12 nitrogen and oxygen atoms in total. The van der Waals surface area contributed by atoms with Gasteiger partial charge in [0.2, 0.25) is 0 Å². The Bertz CT molecular complexity index is 3380. The van der Waals surface area contributed by atoms with Crippen molar-refractivity contribution in [1.29, 1.82) is 0 Å². The topological polar surface area (TPSA) is 185 Å². The smallest absolute Gasteiger partial charge is 0.138 e. The number of phenols is 3. The number of nitrogens with one attached hydrogen (secondary N) is 3. The Balaban J connectivity index is 0.000000128. The van der Waals surface area contributed by atoms with Crippen molar-refractivity contribution in [3.63, 3.8) is 0 Å². The van der Waals surface area contributed by atoms with E-state index in [1.807, 2.05) is 36.4 Å². The predicted molar refractivity (Wildman–Crippen MR) is 283 cm³/mol. The SMILES string of the molecule is Oc1ccc(-c2nc(-c3ccc(F)cc3)c(-c3ccncc3)[nH]2)cc1.Oc1ccc(-c2nc(-c3ccc(F)cc3)c(-c3ccncc3)[nH]2)cc1.Oc1ccc(-c2nc(-c3ccc(F)cc3)c(-c3ccncc3)[nH]2)cc1. The number of halogens is 3. The number of nitrogens with zero attached hydrogens (tertiary/aromatic N) is 6. The third-order valence-corrected chi connectivity index (χ3v) is 11.8. The summed E-state index contributed by atoms with van der Waals surface area (Å²) in [4.78, 5) is 36.3. The first kappa shape index (κ1) is 48.2. The van der Waals surface area contributed by atoms with E-state index >= 15 is 0 Å². The van der Waals surface area contributed by atoms with Crippen LogP contribution in [0.1, 0.15) is 0 Å². The fourth-order valence-corrected chi connectivity index (χ4v) is 8.02. The fourth-order valence-electron chi connectivity index (χ4n) is 8.02. The maximum absolute atomic E-state index is 13.3. The summed E-state index contributed by atoms with van der Waals surface area (Å²) in [6.07, 6.45) is 10.3. The number of aromatic amines is 3. The molecule has 366 valence electrons. The van der Waals surface area contributed by atoms with Crippen LogP contribution in [0.5, 0.6) is 17.2 Å². The second-order valence-corrected chi connectivity index (χ2v) is 16.8. The van der Waals surface area contributed by atoms with Crippen LogP contribution in [-0.2, 0) is 0 Å². The summed E-state index contributed by atoms with van der Waals surface area (Å²) in [7, 11) is 0. The highest BCUT2D eigenvalue weighted by Gasteiger charge is 2.19. The molecule has 0 aliphatic rings. The molecule has 0 aliphatic heterocycles. The van der Waals surface area contributed by atoms with Crippen molar-refractivity contribution in [3.8, 4) is 119 Å². The number of hydrogen-bond donors (Lipinski definition) is 6. The quantitative estimate of drug-likeness (QED) is 0.0819. The van der Waals surface area contributed by atoms with E-state index in [4.69, 9.17) is 15.0 Å². The van der Waals surface area contributed by atoms with Crippen LogP contribution in [0.4, 0.5) is 13.2 Å². The van der Waals surface area contributed by atoms with Gasteiger partial charge in [-0.1, -0.05) is 0 Å². The minimum Gasteiger partial charge on any atom is -0.508 e. The number of H-pyrrole nitrogens is 3. The summed E-state index contributed by atoms with van der Waals surface area (Å²) in [5.41, 5.74) is 12.5. The number of aromatic hydroxyl groups is 3. The predicted octanol–water partition coefficient (Wildman–Crippen LogP) is 14.0. The molecule has 0 atom stereocenters. The van der Waals surface area contributed by atoms with Gasteiger partial charge in [0.1, 0.15) is 52.2 Å². The number of rotatable bonds is 9. The van der Waals surface area contributed by atoms with Gasteiger partial charge in [-0.25, -0.2) is 28.1 Å². The molecule has 0 saturated heterocycles. The Morgan fingerprint density at radius 3 is 0.693 bits per heavy atom. The summed E-state index contributed by atoms with van der Waals surface area (Å²) in [5.74, 6) is 1.74. The van der Waals surface area contributed by atoms with Crippen molar-refractivity contribution in [2.24, 2.45) is 0 Å². The Kier molecular flexibility index (Phi) is 14.1. The molecule has 12 aromatic rings. The molecule has 6 aromatic carbocycles. The zero-order valence-electron chi connectivity index (χ0n) is 39.4. The molecule has 0 aliphatic carbocycles. The molecule has 6 N–H and O–H groups in total. The van der Waals surface area contributed by atoms with Crippen LogP contribution in [0.3, 0.4) is 0 Å². The van der Waals surface area contributed by atoms with Gasteiger partial charge in [0.05, 0.1) is 34.2 Å². The highest BCUT2D eigenvalue weighted by atomic mass is 19.1. The lowest BCUT2D eigenvalue weighted by Crippen LogP contribution is -1.84. The Hall–Kier alpha value is -10.4. The molecule has 75 heavy (non-hydrogen) atoms. The van der Waals surface area contributed by atoms with E-state index in [0.29, 0.717) is 17.5 Å². The van der Waals surface area contributed by atoms with E-state index in [9.17, 15) is 28.5 Å². The summed E-state index contributed by atoms with van der Waals surface area (Å²) in [6.45, 7) is 0. The van der Waals surface area contributed by atoms with Crippen molar-refractivity contribution in [2.45, 2.75) is 0 Å². The standard InChI is InChI=1S/3C20H14FN3O/c3*21-16-5-1-13(2-6-16)18-19(14-9-11-22-12-10-14)24-20(23-18)15-3-7-17(25)8-4-15/h3*1-12,25H,(H,23,24). The first-order valence-electron chi connectivity index (χ1n) is 23.3. The summed E-state index contributed by atoms with van der Waals surface area (Å²) in [5, 5.41) is 28.4. The molecule has 12 rings (SSSR count). The maximum Gasteiger partial charge on any atom is 0.138 e. The van der Waals surface area contributed by atoms with Crippen molar-refractivity contribution in [2.75, 3.05) is 0 Å². The zero-order chi connectivity index (χ0) is 51.7. The van der Waals surface area contributed by atoms with E-state index in [1.54, 1.807) is 146 Å². The van der Waals surface area contributed by atoms with Crippen molar-refractivity contribution < 1.29 is 28.5 Å². The first-order chi connectivity index (χ1) is 36.6. The normalized spacial score (nSPS) is 10.8. The van der Waals surface area contributed by atoms with Crippen LogP contribution >= 0.6 is 0 Å². The van der Waals surface area contributed by atoms with Gasteiger partial charge in [-0.2, -0.15) is 0 Å². The first-order valence-corrected chi connectivity index (χ1v) is 23.3. The lowest BCUT2D eigenvalue weighted by Gasteiger charge is -2.02. The lowest BCUT2D eigenvalue weighted by atomic mass is 10.1. The van der Waals surface area contributed by atoms with Gasteiger partial charge >= 0.3 is 0 Å². The van der Waals surface area contributed by atoms with Crippen LogP contribution < -0.4 is 0 Å². The molecule has 0 spiro atoms. The monoisotopic (exact) mass is 993 g/mol. The number of aromatic nitrogens is 9. The average Bonchev–Trinajstić information content (AvgIpc) is 4.23. The van der Waals surface area contributed by atoms with E-state index in [-0.39, 0.29) is 34.7 Å². The van der Waals surface area contributed by atoms with Gasteiger partial charge in [0.25, 0.3) is 0 Å². The third-order valence-electron chi connectivity index (χ3n) is 11.8. The molecule has 0 saturated carbocycles. The number of hydrogen-bond acceptors (Lipinski definition) is 9. The van der Waals surface area contributed by atoms with Gasteiger partial charge in [0.15, 0.2) is 0 Å². The van der Waals surface area contributed by atoms with Crippen LogP contribution in [0.15, 0.2) is 219 Å². The average molecular weight is 994 g/mol. The zero-order valence-corrected chi connectivity index (χ0v) is 39.4. The highest BCUT2D eigenvalue weighted by molar-refractivity contribution is 5.83. The van der Waals surface area contributed by atoms with Crippen molar-refractivity contribution in [1.82, 2.24) is 44.9 Å². The Morgan fingerprint density at radius 1 is 0.253 bits per heavy atom. The summed E-state index contributed by atoms with van der Waals surface area (Å²) < 4.78 is 39.8. The Morgan fingerprint density at radius 2 is 0.467 bits per heavy atom. The second kappa shape index (κ2) is 21.9. The second-order valence-electron chi connectivity index (χ2n) is 16.8. The minimum atomic E-state index is -0.288. The largest absolute Gasteiger partial charge is 0.508 e. The van der Waals surface area contributed by atoms with E-state index in [2.05, 4.69) is 29.9 Å². The summed E-state index contributed by atoms with van der Waals surface area (Å²) in [6, 6.07) is 50.5. The molecule has 0 amide bonds. The molecule has 15 heteroatoms. The van der Waals surface area contributed by atoms with Crippen molar-refractivity contribution in [3.05, 3.63) is 237 Å². The van der Waals surface area contributed by atoms with Gasteiger partial charge in [0, 0.05) is 87.3 Å². The molecule has 6 aromatic heterocycles. The number of pyridine rings is 3. The molecule has 6 heterocycles. The van der Waals surface area contributed by atoms with E-state index in [0.717, 1.165) is 84.2 Å². The van der Waals surface area contributed by atoms with Gasteiger partial charge in [-0.05, 0) is 182 Å². The molecular formula is C60H42F3N9O3. The highest BCUT2D eigenvalue weighted by Crippen LogP contribution is 2.36. The van der Waals surface area contributed by atoms with E-state index in [1.165, 1.54) is 36.4 Å². The summed E-state index contributed by atoms with van der Waals surface area (Å²) >= 11 is 0. The number of phenolic OH excluding ortho intramolecular Hbond substituents is 3. The van der Waals surface area contributed by atoms with Crippen LogP contribution in [0.2, 0.25) is 0 Å².